The summed E-state index contributed by atoms with van der Waals surface area (Å²) in [5, 5.41) is 0.391. The standard InChI is InChI=1S/C19H16N4O3S/c20-17(25)15-16(24)11-5-6-14(22-7-9-26-10-8-22)21-18(11)23-12-3-1-2-4-13(12)27-19(15)23/h1-6H,7-10H2,(H2,20,25). The number of pyridine rings is 2. The fraction of sp³-hybridized carbons (Fsp3) is 0.211. The lowest BCUT2D eigenvalue weighted by atomic mass is 10.1. The number of fused-ring (bicyclic) bond motifs is 5. The fourth-order valence-electron chi connectivity index (χ4n) is 3.56. The lowest BCUT2D eigenvalue weighted by molar-refractivity contribution is 0.100. The van der Waals surface area contributed by atoms with Gasteiger partial charge >= 0.3 is 0 Å². The van der Waals surface area contributed by atoms with Crippen LogP contribution in [0.15, 0.2) is 41.2 Å². The molecule has 0 bridgehead atoms. The van der Waals surface area contributed by atoms with Gasteiger partial charge in [-0.15, -0.1) is 11.3 Å². The van der Waals surface area contributed by atoms with Crippen molar-refractivity contribution in [1.29, 1.82) is 0 Å². The van der Waals surface area contributed by atoms with Gasteiger partial charge in [0.25, 0.3) is 5.91 Å². The molecule has 0 spiro atoms. The second-order valence-electron chi connectivity index (χ2n) is 6.42. The quantitative estimate of drug-likeness (QED) is 0.574. The summed E-state index contributed by atoms with van der Waals surface area (Å²) in [6.45, 7) is 2.80. The Hall–Kier alpha value is -2.97. The number of aromatic nitrogens is 2. The predicted octanol–water partition coefficient (Wildman–Crippen LogP) is 2.00. The largest absolute Gasteiger partial charge is 0.378 e. The molecule has 1 amide bonds. The summed E-state index contributed by atoms with van der Waals surface area (Å²) in [6, 6.07) is 11.3. The number of hydrogen-bond acceptors (Lipinski definition) is 6. The number of nitrogens with two attached hydrogens (primary N) is 1. The topological polar surface area (TPSA) is 89.9 Å². The van der Waals surface area contributed by atoms with Crippen LogP contribution in [-0.4, -0.2) is 41.6 Å². The molecule has 1 aliphatic rings. The van der Waals surface area contributed by atoms with Crippen LogP contribution in [-0.2, 0) is 4.74 Å². The minimum absolute atomic E-state index is 0.0182. The highest BCUT2D eigenvalue weighted by Crippen LogP contribution is 2.31. The van der Waals surface area contributed by atoms with Crippen molar-refractivity contribution in [3.8, 4) is 0 Å². The number of primary amides is 1. The van der Waals surface area contributed by atoms with Gasteiger partial charge in [-0.05, 0) is 24.3 Å². The Morgan fingerprint density at radius 1 is 1.15 bits per heavy atom. The zero-order valence-electron chi connectivity index (χ0n) is 14.3. The van der Waals surface area contributed by atoms with Crippen molar-refractivity contribution in [3.05, 3.63) is 52.2 Å². The molecule has 2 N–H and O–H groups in total. The Balaban J connectivity index is 1.92. The summed E-state index contributed by atoms with van der Waals surface area (Å²) < 4.78 is 8.25. The zero-order valence-corrected chi connectivity index (χ0v) is 15.2. The maximum atomic E-state index is 13.0. The summed E-state index contributed by atoms with van der Waals surface area (Å²) in [5.74, 6) is 0.0734. The third kappa shape index (κ3) is 2.41. The van der Waals surface area contributed by atoms with Crippen LogP contribution in [0.2, 0.25) is 0 Å². The number of carbonyl (C=O) groups excluding carboxylic acids is 1. The van der Waals surface area contributed by atoms with Gasteiger partial charge in [-0.3, -0.25) is 14.0 Å². The van der Waals surface area contributed by atoms with E-state index in [0.717, 1.165) is 29.1 Å². The number of benzene rings is 1. The minimum atomic E-state index is -0.719. The number of amides is 1. The molecule has 1 fully saturated rings. The van der Waals surface area contributed by atoms with Crippen molar-refractivity contribution in [1.82, 2.24) is 9.38 Å². The molecule has 0 aliphatic carbocycles. The lowest BCUT2D eigenvalue weighted by Crippen LogP contribution is -2.36. The van der Waals surface area contributed by atoms with E-state index in [4.69, 9.17) is 15.5 Å². The van der Waals surface area contributed by atoms with Crippen molar-refractivity contribution in [2.75, 3.05) is 31.2 Å². The Bertz CT molecular complexity index is 1270. The Kier molecular flexibility index (Phi) is 3.63. The summed E-state index contributed by atoms with van der Waals surface area (Å²) >= 11 is 1.38. The average molecular weight is 380 g/mol. The van der Waals surface area contributed by atoms with E-state index in [0.29, 0.717) is 29.1 Å². The van der Waals surface area contributed by atoms with Gasteiger partial charge in [-0.25, -0.2) is 4.98 Å². The van der Waals surface area contributed by atoms with Gasteiger partial charge in [-0.1, -0.05) is 12.1 Å². The van der Waals surface area contributed by atoms with Crippen molar-refractivity contribution < 1.29 is 9.53 Å². The highest BCUT2D eigenvalue weighted by Gasteiger charge is 2.22. The molecular formula is C19H16N4O3S. The van der Waals surface area contributed by atoms with Gasteiger partial charge in [0.05, 0.1) is 28.8 Å². The Morgan fingerprint density at radius 2 is 1.93 bits per heavy atom. The first-order chi connectivity index (χ1) is 13.1. The number of hydrogen-bond donors (Lipinski definition) is 1. The number of nitrogens with zero attached hydrogens (tertiary/aromatic N) is 3. The molecule has 1 aromatic carbocycles. The summed E-state index contributed by atoms with van der Waals surface area (Å²) in [5.41, 5.74) is 6.64. The first kappa shape index (κ1) is 16.2. The van der Waals surface area contributed by atoms with Crippen LogP contribution >= 0.6 is 11.3 Å². The van der Waals surface area contributed by atoms with E-state index in [1.807, 2.05) is 34.7 Å². The molecule has 0 saturated carbocycles. The number of thiazole rings is 1. The third-order valence-electron chi connectivity index (χ3n) is 4.86. The molecule has 0 unspecified atom stereocenters. The molecule has 27 heavy (non-hydrogen) atoms. The molecule has 1 aliphatic heterocycles. The maximum Gasteiger partial charge on any atom is 0.255 e. The van der Waals surface area contributed by atoms with Gasteiger partial charge in [0.1, 0.15) is 16.2 Å². The van der Waals surface area contributed by atoms with Crippen LogP contribution in [0.25, 0.3) is 26.1 Å². The van der Waals surface area contributed by atoms with E-state index in [-0.39, 0.29) is 11.0 Å². The molecule has 136 valence electrons. The maximum absolute atomic E-state index is 13.0. The predicted molar refractivity (Wildman–Crippen MR) is 106 cm³/mol. The number of rotatable bonds is 2. The van der Waals surface area contributed by atoms with E-state index in [2.05, 4.69) is 4.90 Å². The summed E-state index contributed by atoms with van der Waals surface area (Å²) in [7, 11) is 0. The van der Waals surface area contributed by atoms with Gasteiger partial charge < -0.3 is 15.4 Å². The van der Waals surface area contributed by atoms with E-state index in [1.165, 1.54) is 11.3 Å². The number of morpholine rings is 1. The number of para-hydroxylation sites is 1. The first-order valence-electron chi connectivity index (χ1n) is 8.64. The fourth-order valence-corrected chi connectivity index (χ4v) is 4.75. The van der Waals surface area contributed by atoms with Gasteiger partial charge in [0.15, 0.2) is 5.65 Å². The highest BCUT2D eigenvalue weighted by atomic mass is 32.1. The molecule has 1 saturated heterocycles. The number of ether oxygens (including phenoxy) is 1. The minimum Gasteiger partial charge on any atom is -0.378 e. The molecule has 0 atom stereocenters. The first-order valence-corrected chi connectivity index (χ1v) is 9.46. The van der Waals surface area contributed by atoms with Crippen LogP contribution in [0.1, 0.15) is 10.4 Å². The molecular weight excluding hydrogens is 364 g/mol. The second kappa shape index (κ2) is 6.04. The number of anilines is 1. The molecule has 4 heterocycles. The summed E-state index contributed by atoms with van der Waals surface area (Å²) in [6.07, 6.45) is 0. The van der Waals surface area contributed by atoms with Crippen LogP contribution in [0.3, 0.4) is 0 Å². The van der Waals surface area contributed by atoms with Crippen molar-refractivity contribution in [3.63, 3.8) is 0 Å². The molecule has 8 heteroatoms. The molecule has 0 radical (unpaired) electrons. The third-order valence-corrected chi connectivity index (χ3v) is 6.00. The normalized spacial score (nSPS) is 15.0. The Labute approximate surface area is 157 Å². The van der Waals surface area contributed by atoms with E-state index in [9.17, 15) is 9.59 Å². The second-order valence-corrected chi connectivity index (χ2v) is 7.45. The number of carbonyl (C=O) groups is 1. The SMILES string of the molecule is NC(=O)c1c(=O)c2ccc(N3CCOCC3)nc2n2c1sc1ccccc12. The van der Waals surface area contributed by atoms with Gasteiger partial charge in [-0.2, -0.15) is 0 Å². The highest BCUT2D eigenvalue weighted by molar-refractivity contribution is 7.24. The van der Waals surface area contributed by atoms with Crippen molar-refractivity contribution in [2.45, 2.75) is 0 Å². The van der Waals surface area contributed by atoms with E-state index < -0.39 is 5.91 Å². The molecule has 3 aromatic heterocycles. The van der Waals surface area contributed by atoms with Crippen LogP contribution < -0.4 is 16.1 Å². The van der Waals surface area contributed by atoms with Gasteiger partial charge in [0, 0.05) is 13.1 Å². The molecule has 4 aromatic rings. The monoisotopic (exact) mass is 380 g/mol. The van der Waals surface area contributed by atoms with Crippen LogP contribution in [0, 0.1) is 0 Å². The van der Waals surface area contributed by atoms with Crippen molar-refractivity contribution in [2.24, 2.45) is 5.73 Å². The molecule has 7 nitrogen and oxygen atoms in total. The molecule has 5 rings (SSSR count). The average Bonchev–Trinajstić information content (AvgIpc) is 3.07. The summed E-state index contributed by atoms with van der Waals surface area (Å²) in [4.78, 5) is 32.5. The van der Waals surface area contributed by atoms with Crippen LogP contribution in [0.4, 0.5) is 5.82 Å². The van der Waals surface area contributed by atoms with E-state index in [1.54, 1.807) is 6.07 Å². The van der Waals surface area contributed by atoms with Crippen molar-refractivity contribution >= 4 is 49.1 Å². The lowest BCUT2D eigenvalue weighted by Gasteiger charge is -2.27. The zero-order chi connectivity index (χ0) is 18.5. The van der Waals surface area contributed by atoms with Crippen LogP contribution in [0.5, 0.6) is 0 Å². The Morgan fingerprint density at radius 3 is 2.70 bits per heavy atom. The smallest absolute Gasteiger partial charge is 0.255 e. The van der Waals surface area contributed by atoms with E-state index >= 15 is 0 Å². The van der Waals surface area contributed by atoms with Gasteiger partial charge in [0.2, 0.25) is 5.43 Å².